The Morgan fingerprint density at radius 1 is 1.17 bits per heavy atom. The Morgan fingerprint density at radius 2 is 1.67 bits per heavy atom. The first kappa shape index (κ1) is 14.7. The zero-order valence-electron chi connectivity index (χ0n) is 11.9. The van der Waals surface area contributed by atoms with E-state index in [1.54, 1.807) is 0 Å². The average molecular weight is 248 g/mol. The van der Waals surface area contributed by atoms with Crippen molar-refractivity contribution in [2.24, 2.45) is 11.1 Å². The number of nitrogens with two attached hydrogens (primary N) is 1. The van der Waals surface area contributed by atoms with Crippen molar-refractivity contribution < 1.29 is 4.79 Å². The first-order valence-corrected chi connectivity index (χ1v) is 6.31. The number of carbonyl (C=O) groups is 1. The number of nitrogens with one attached hydrogen (secondary N) is 1. The number of hydrogen-bond acceptors (Lipinski definition) is 2. The summed E-state index contributed by atoms with van der Waals surface area (Å²) in [4.78, 5) is 12.3. The lowest BCUT2D eigenvalue weighted by molar-refractivity contribution is -0.132. The Morgan fingerprint density at radius 3 is 2.11 bits per heavy atom. The molecule has 0 aromatic heterocycles. The standard InChI is InChI=1S/C15H24N2O/c1-11(12-9-7-6-8-10-12)17-13(18)14(2,3)15(4,5)16/h6-11H,16H2,1-5H3,(H,17,18)/t11-/m1/s1. The Bertz CT molecular complexity index is 404. The third kappa shape index (κ3) is 3.10. The maximum Gasteiger partial charge on any atom is 0.227 e. The fraction of sp³-hybridized carbons (Fsp3) is 0.533. The van der Waals surface area contributed by atoms with Crippen molar-refractivity contribution in [1.29, 1.82) is 0 Å². The number of benzene rings is 1. The van der Waals surface area contributed by atoms with Crippen LogP contribution in [0, 0.1) is 5.41 Å². The SMILES string of the molecule is C[C@@H](NC(=O)C(C)(C)C(C)(C)N)c1ccccc1. The van der Waals surface area contributed by atoms with Gasteiger partial charge in [0.25, 0.3) is 0 Å². The van der Waals surface area contributed by atoms with E-state index in [2.05, 4.69) is 5.32 Å². The molecule has 1 rings (SSSR count). The van der Waals surface area contributed by atoms with Gasteiger partial charge in [-0.1, -0.05) is 30.3 Å². The van der Waals surface area contributed by atoms with E-state index in [9.17, 15) is 4.79 Å². The molecule has 1 aromatic carbocycles. The van der Waals surface area contributed by atoms with Gasteiger partial charge in [0.2, 0.25) is 5.91 Å². The van der Waals surface area contributed by atoms with Crippen LogP contribution in [0.15, 0.2) is 30.3 Å². The third-order valence-electron chi connectivity index (χ3n) is 3.83. The second-order valence-corrected chi connectivity index (χ2v) is 5.95. The Kier molecular flexibility index (Phi) is 4.17. The predicted molar refractivity (Wildman–Crippen MR) is 75.0 cm³/mol. The molecule has 0 bridgehead atoms. The summed E-state index contributed by atoms with van der Waals surface area (Å²) in [5, 5.41) is 3.02. The molecule has 3 N–H and O–H groups in total. The summed E-state index contributed by atoms with van der Waals surface area (Å²) in [6, 6.07) is 9.90. The van der Waals surface area contributed by atoms with Crippen LogP contribution in [0.1, 0.15) is 46.2 Å². The van der Waals surface area contributed by atoms with Crippen LogP contribution < -0.4 is 11.1 Å². The molecule has 0 saturated heterocycles. The van der Waals surface area contributed by atoms with Crippen molar-refractivity contribution in [3.8, 4) is 0 Å². The maximum absolute atomic E-state index is 12.3. The zero-order valence-corrected chi connectivity index (χ0v) is 11.9. The van der Waals surface area contributed by atoms with Gasteiger partial charge in [-0.05, 0) is 40.2 Å². The molecule has 0 heterocycles. The van der Waals surface area contributed by atoms with Gasteiger partial charge in [-0.3, -0.25) is 4.79 Å². The smallest absolute Gasteiger partial charge is 0.227 e. The van der Waals surface area contributed by atoms with Crippen molar-refractivity contribution >= 4 is 5.91 Å². The van der Waals surface area contributed by atoms with E-state index in [1.165, 1.54) is 0 Å². The Balaban J connectivity index is 2.78. The van der Waals surface area contributed by atoms with Gasteiger partial charge in [0.15, 0.2) is 0 Å². The average Bonchev–Trinajstić information content (AvgIpc) is 2.28. The largest absolute Gasteiger partial charge is 0.349 e. The molecule has 100 valence electrons. The monoisotopic (exact) mass is 248 g/mol. The molecule has 1 atom stereocenters. The molecule has 0 unspecified atom stereocenters. The van der Waals surface area contributed by atoms with E-state index in [-0.39, 0.29) is 11.9 Å². The molecule has 18 heavy (non-hydrogen) atoms. The lowest BCUT2D eigenvalue weighted by Gasteiger charge is -2.37. The number of hydrogen-bond donors (Lipinski definition) is 2. The molecule has 0 aliphatic carbocycles. The normalized spacial score (nSPS) is 14.1. The first-order chi connectivity index (χ1) is 8.16. The van der Waals surface area contributed by atoms with Crippen molar-refractivity contribution in [3.63, 3.8) is 0 Å². The molecule has 1 amide bonds. The summed E-state index contributed by atoms with van der Waals surface area (Å²) in [5.41, 5.74) is 5.98. The van der Waals surface area contributed by atoms with E-state index in [1.807, 2.05) is 65.0 Å². The number of amides is 1. The second-order valence-electron chi connectivity index (χ2n) is 5.95. The molecule has 0 aliphatic heterocycles. The summed E-state index contributed by atoms with van der Waals surface area (Å²) in [6.45, 7) is 9.48. The van der Waals surface area contributed by atoms with Crippen LogP contribution in [-0.2, 0) is 4.79 Å². The van der Waals surface area contributed by atoms with Gasteiger partial charge < -0.3 is 11.1 Å². The van der Waals surface area contributed by atoms with Crippen LogP contribution in [0.4, 0.5) is 0 Å². The highest BCUT2D eigenvalue weighted by Gasteiger charge is 2.40. The minimum absolute atomic E-state index is 0.0136. The van der Waals surface area contributed by atoms with Gasteiger partial charge in [0.1, 0.15) is 0 Å². The number of rotatable bonds is 4. The second kappa shape index (κ2) is 5.11. The van der Waals surface area contributed by atoms with E-state index in [0.717, 1.165) is 5.56 Å². The van der Waals surface area contributed by atoms with Crippen LogP contribution >= 0.6 is 0 Å². The van der Waals surface area contributed by atoms with Crippen LogP contribution in [0.2, 0.25) is 0 Å². The highest BCUT2D eigenvalue weighted by molar-refractivity contribution is 5.83. The lowest BCUT2D eigenvalue weighted by atomic mass is 9.74. The summed E-state index contributed by atoms with van der Waals surface area (Å²) in [6.07, 6.45) is 0. The molecule has 0 saturated carbocycles. The number of carbonyl (C=O) groups excluding carboxylic acids is 1. The Labute approximate surface area is 110 Å². The van der Waals surface area contributed by atoms with Crippen molar-refractivity contribution in [2.45, 2.75) is 46.2 Å². The molecule has 0 aliphatic rings. The van der Waals surface area contributed by atoms with Crippen LogP contribution in [0.5, 0.6) is 0 Å². The molecule has 0 spiro atoms. The van der Waals surface area contributed by atoms with E-state index in [0.29, 0.717) is 0 Å². The predicted octanol–water partition coefficient (Wildman–Crippen LogP) is 2.63. The van der Waals surface area contributed by atoms with Gasteiger partial charge in [-0.15, -0.1) is 0 Å². The fourth-order valence-corrected chi connectivity index (χ4v) is 1.49. The minimum Gasteiger partial charge on any atom is -0.349 e. The van der Waals surface area contributed by atoms with Crippen LogP contribution in [-0.4, -0.2) is 11.4 Å². The highest BCUT2D eigenvalue weighted by Crippen LogP contribution is 2.29. The van der Waals surface area contributed by atoms with Crippen molar-refractivity contribution in [3.05, 3.63) is 35.9 Å². The first-order valence-electron chi connectivity index (χ1n) is 6.31. The molecule has 0 radical (unpaired) electrons. The van der Waals surface area contributed by atoms with Crippen molar-refractivity contribution in [2.75, 3.05) is 0 Å². The molecule has 3 heteroatoms. The molecule has 1 aromatic rings. The topological polar surface area (TPSA) is 55.1 Å². The van der Waals surface area contributed by atoms with E-state index in [4.69, 9.17) is 5.73 Å². The zero-order chi connectivity index (χ0) is 14.0. The van der Waals surface area contributed by atoms with Gasteiger partial charge in [0, 0.05) is 5.54 Å². The van der Waals surface area contributed by atoms with E-state index < -0.39 is 11.0 Å². The van der Waals surface area contributed by atoms with Gasteiger partial charge in [-0.2, -0.15) is 0 Å². The maximum atomic E-state index is 12.3. The molecule has 0 fully saturated rings. The fourth-order valence-electron chi connectivity index (χ4n) is 1.49. The minimum atomic E-state index is -0.615. The Hall–Kier alpha value is -1.35. The molecular weight excluding hydrogens is 224 g/mol. The van der Waals surface area contributed by atoms with Crippen LogP contribution in [0.3, 0.4) is 0 Å². The van der Waals surface area contributed by atoms with E-state index >= 15 is 0 Å². The summed E-state index contributed by atoms with van der Waals surface area (Å²) >= 11 is 0. The highest BCUT2D eigenvalue weighted by atomic mass is 16.2. The quantitative estimate of drug-likeness (QED) is 0.860. The summed E-state index contributed by atoms with van der Waals surface area (Å²) in [7, 11) is 0. The van der Waals surface area contributed by atoms with Gasteiger partial charge in [-0.25, -0.2) is 0 Å². The lowest BCUT2D eigenvalue weighted by Crippen LogP contribution is -2.55. The van der Waals surface area contributed by atoms with Gasteiger partial charge >= 0.3 is 0 Å². The summed E-state index contributed by atoms with van der Waals surface area (Å²) < 4.78 is 0. The third-order valence-corrected chi connectivity index (χ3v) is 3.83. The summed E-state index contributed by atoms with van der Waals surface area (Å²) in [5.74, 6) is -0.0219. The van der Waals surface area contributed by atoms with Gasteiger partial charge in [0.05, 0.1) is 11.5 Å². The molecule has 3 nitrogen and oxygen atoms in total. The van der Waals surface area contributed by atoms with Crippen molar-refractivity contribution in [1.82, 2.24) is 5.32 Å². The van der Waals surface area contributed by atoms with Crippen LogP contribution in [0.25, 0.3) is 0 Å². The molecular formula is C15H24N2O.